The summed E-state index contributed by atoms with van der Waals surface area (Å²) in [6, 6.07) is 11.7. The number of carbonyl (C=O) groups excluding carboxylic acids is 1. The van der Waals surface area contributed by atoms with Gasteiger partial charge in [-0.25, -0.2) is 4.79 Å². The fraction of sp³-hybridized carbons (Fsp3) is 0.350. The van der Waals surface area contributed by atoms with E-state index in [9.17, 15) is 18.0 Å². The van der Waals surface area contributed by atoms with Crippen molar-refractivity contribution in [3.63, 3.8) is 0 Å². The van der Waals surface area contributed by atoms with Crippen molar-refractivity contribution >= 4 is 5.97 Å². The summed E-state index contributed by atoms with van der Waals surface area (Å²) in [4.78, 5) is 15.2. The van der Waals surface area contributed by atoms with Crippen LogP contribution in [0.5, 0.6) is 11.5 Å². The van der Waals surface area contributed by atoms with Gasteiger partial charge >= 0.3 is 12.1 Å². The Morgan fingerprint density at radius 3 is 2.32 bits per heavy atom. The van der Waals surface area contributed by atoms with Crippen LogP contribution in [-0.4, -0.2) is 43.5 Å². The van der Waals surface area contributed by atoms with Gasteiger partial charge in [-0.2, -0.15) is 13.2 Å². The van der Waals surface area contributed by atoms with Crippen molar-refractivity contribution in [2.45, 2.75) is 26.1 Å². The maximum Gasteiger partial charge on any atom is 0.492 e. The zero-order chi connectivity index (χ0) is 20.5. The number of hydroxylamine groups is 2. The molecular formula is C20H20F3NO4. The normalized spacial score (nSPS) is 15.1. The number of benzene rings is 2. The summed E-state index contributed by atoms with van der Waals surface area (Å²) in [5, 5.41) is 0.934. The highest BCUT2D eigenvalue weighted by molar-refractivity contribution is 5.75. The van der Waals surface area contributed by atoms with E-state index in [1.165, 1.54) is 0 Å². The maximum atomic E-state index is 12.3. The summed E-state index contributed by atoms with van der Waals surface area (Å²) >= 11 is 0. The molecule has 0 aliphatic carbocycles. The molecular weight excluding hydrogens is 375 g/mol. The number of halogens is 3. The first-order chi connectivity index (χ1) is 13.2. The SMILES string of the molecule is COc1cc(-c2ccccc2)c(C)c(OC2CN(OC(=O)C(F)(F)F)C2)c1C. The third kappa shape index (κ3) is 4.06. The third-order valence-corrected chi connectivity index (χ3v) is 4.58. The minimum atomic E-state index is -5.02. The van der Waals surface area contributed by atoms with E-state index in [0.29, 0.717) is 11.5 Å². The van der Waals surface area contributed by atoms with Gasteiger partial charge < -0.3 is 14.3 Å². The second kappa shape index (κ2) is 7.71. The van der Waals surface area contributed by atoms with Gasteiger partial charge in [-0.3, -0.25) is 0 Å². The van der Waals surface area contributed by atoms with E-state index in [1.807, 2.05) is 50.2 Å². The molecule has 0 bridgehead atoms. The van der Waals surface area contributed by atoms with Crippen LogP contribution in [0.4, 0.5) is 13.2 Å². The number of rotatable bonds is 5. The molecule has 0 N–H and O–H groups in total. The van der Waals surface area contributed by atoms with Crippen LogP contribution in [0.1, 0.15) is 11.1 Å². The van der Waals surface area contributed by atoms with Crippen molar-refractivity contribution in [2.24, 2.45) is 0 Å². The number of hydrogen-bond acceptors (Lipinski definition) is 5. The molecule has 0 spiro atoms. The van der Waals surface area contributed by atoms with Crippen molar-refractivity contribution in [3.8, 4) is 22.6 Å². The monoisotopic (exact) mass is 395 g/mol. The summed E-state index contributed by atoms with van der Waals surface area (Å²) in [6.45, 7) is 3.89. The molecule has 8 heteroatoms. The van der Waals surface area contributed by atoms with Crippen LogP contribution < -0.4 is 9.47 Å². The molecule has 5 nitrogen and oxygen atoms in total. The van der Waals surface area contributed by atoms with Gasteiger partial charge in [-0.15, -0.1) is 5.06 Å². The lowest BCUT2D eigenvalue weighted by atomic mass is 9.96. The van der Waals surface area contributed by atoms with Crippen molar-refractivity contribution in [1.82, 2.24) is 5.06 Å². The summed E-state index contributed by atoms with van der Waals surface area (Å²) in [5.74, 6) is -0.963. The van der Waals surface area contributed by atoms with E-state index >= 15 is 0 Å². The molecule has 2 aromatic rings. The first kappa shape index (κ1) is 20.0. The minimum Gasteiger partial charge on any atom is -0.496 e. The molecule has 0 amide bonds. The smallest absolute Gasteiger partial charge is 0.492 e. The van der Waals surface area contributed by atoms with E-state index < -0.39 is 18.2 Å². The van der Waals surface area contributed by atoms with E-state index in [0.717, 1.165) is 27.3 Å². The maximum absolute atomic E-state index is 12.3. The molecule has 0 aromatic heterocycles. The highest BCUT2D eigenvalue weighted by Gasteiger charge is 2.45. The molecule has 1 heterocycles. The van der Waals surface area contributed by atoms with E-state index in [4.69, 9.17) is 9.47 Å². The summed E-state index contributed by atoms with van der Waals surface area (Å²) < 4.78 is 48.3. The Kier molecular flexibility index (Phi) is 5.51. The van der Waals surface area contributed by atoms with Gasteiger partial charge in [-0.1, -0.05) is 30.3 Å². The van der Waals surface area contributed by atoms with Crippen LogP contribution in [-0.2, 0) is 9.63 Å². The molecule has 1 saturated heterocycles. The first-order valence-electron chi connectivity index (χ1n) is 8.65. The standard InChI is InChI=1S/C20H20F3NO4/c1-12-16(14-7-5-4-6-8-14)9-17(26-3)13(2)18(12)27-15-10-24(11-15)28-19(25)20(21,22)23/h4-9,15H,10-11H2,1-3H3. The van der Waals surface area contributed by atoms with Crippen molar-refractivity contribution in [3.05, 3.63) is 47.5 Å². The Labute approximate surface area is 160 Å². The topological polar surface area (TPSA) is 48.0 Å². The summed E-state index contributed by atoms with van der Waals surface area (Å²) in [7, 11) is 1.57. The lowest BCUT2D eigenvalue weighted by Gasteiger charge is -2.37. The average Bonchev–Trinajstić information content (AvgIpc) is 2.62. The van der Waals surface area contributed by atoms with Gasteiger partial charge in [0.1, 0.15) is 17.6 Å². The van der Waals surface area contributed by atoms with Gasteiger partial charge in [0.25, 0.3) is 0 Å². The Hall–Kier alpha value is -2.74. The van der Waals surface area contributed by atoms with Crippen LogP contribution in [0.15, 0.2) is 36.4 Å². The largest absolute Gasteiger partial charge is 0.496 e. The molecule has 1 fully saturated rings. The quantitative estimate of drug-likeness (QED) is 0.764. The lowest BCUT2D eigenvalue weighted by molar-refractivity contribution is -0.262. The molecule has 2 aromatic carbocycles. The van der Waals surface area contributed by atoms with Gasteiger partial charge in [-0.05, 0) is 36.6 Å². The average molecular weight is 395 g/mol. The van der Waals surface area contributed by atoms with Gasteiger partial charge in [0.15, 0.2) is 0 Å². The lowest BCUT2D eigenvalue weighted by Crippen LogP contribution is -2.55. The Morgan fingerprint density at radius 2 is 1.75 bits per heavy atom. The molecule has 0 saturated carbocycles. The zero-order valence-electron chi connectivity index (χ0n) is 15.7. The molecule has 1 aliphatic heterocycles. The van der Waals surface area contributed by atoms with Crippen LogP contribution in [0, 0.1) is 13.8 Å². The molecule has 1 aliphatic rings. The number of ether oxygens (including phenoxy) is 2. The Morgan fingerprint density at radius 1 is 1.11 bits per heavy atom. The number of carbonyl (C=O) groups is 1. The highest BCUT2D eigenvalue weighted by Crippen LogP contribution is 2.40. The summed E-state index contributed by atoms with van der Waals surface area (Å²) in [5.41, 5.74) is 3.64. The van der Waals surface area contributed by atoms with E-state index in [2.05, 4.69) is 4.84 Å². The Bertz CT molecular complexity index is 862. The number of methoxy groups -OCH3 is 1. The molecule has 3 rings (SSSR count). The number of alkyl halides is 3. The highest BCUT2D eigenvalue weighted by atomic mass is 19.4. The van der Waals surface area contributed by atoms with Gasteiger partial charge in [0.2, 0.25) is 0 Å². The van der Waals surface area contributed by atoms with Crippen LogP contribution in [0.25, 0.3) is 11.1 Å². The number of nitrogens with zero attached hydrogens (tertiary/aromatic N) is 1. The van der Waals surface area contributed by atoms with E-state index in [-0.39, 0.29) is 13.1 Å². The Balaban J connectivity index is 1.77. The second-order valence-electron chi connectivity index (χ2n) is 6.53. The molecule has 0 unspecified atom stereocenters. The predicted molar refractivity (Wildman–Crippen MR) is 96.0 cm³/mol. The van der Waals surface area contributed by atoms with Crippen LogP contribution in [0.2, 0.25) is 0 Å². The minimum absolute atomic E-state index is 0.0541. The zero-order valence-corrected chi connectivity index (χ0v) is 15.7. The van der Waals surface area contributed by atoms with Gasteiger partial charge in [0, 0.05) is 5.56 Å². The molecule has 150 valence electrons. The third-order valence-electron chi connectivity index (χ3n) is 4.58. The summed E-state index contributed by atoms with van der Waals surface area (Å²) in [6.07, 6.45) is -5.41. The van der Waals surface area contributed by atoms with Crippen molar-refractivity contribution < 1.29 is 32.3 Å². The van der Waals surface area contributed by atoms with Gasteiger partial charge in [0.05, 0.1) is 20.2 Å². The predicted octanol–water partition coefficient (Wildman–Crippen LogP) is 4.06. The fourth-order valence-electron chi connectivity index (χ4n) is 3.05. The molecule has 0 radical (unpaired) electrons. The first-order valence-corrected chi connectivity index (χ1v) is 8.65. The van der Waals surface area contributed by atoms with Crippen molar-refractivity contribution in [2.75, 3.05) is 20.2 Å². The van der Waals surface area contributed by atoms with Crippen LogP contribution in [0.3, 0.4) is 0 Å². The molecule has 0 atom stereocenters. The number of hydrogen-bond donors (Lipinski definition) is 0. The molecule has 28 heavy (non-hydrogen) atoms. The fourth-order valence-corrected chi connectivity index (χ4v) is 3.05. The van der Waals surface area contributed by atoms with E-state index in [1.54, 1.807) is 7.11 Å². The van der Waals surface area contributed by atoms with Crippen LogP contribution >= 0.6 is 0 Å². The second-order valence-corrected chi connectivity index (χ2v) is 6.53. The van der Waals surface area contributed by atoms with Crippen molar-refractivity contribution in [1.29, 1.82) is 0 Å².